The minimum absolute atomic E-state index is 0.0957. The van der Waals surface area contributed by atoms with E-state index >= 15 is 0 Å². The molecular formula is C21H24N2O3. The van der Waals surface area contributed by atoms with E-state index in [-0.39, 0.29) is 11.5 Å². The zero-order chi connectivity index (χ0) is 18.0. The van der Waals surface area contributed by atoms with Crippen LogP contribution in [0.3, 0.4) is 0 Å². The van der Waals surface area contributed by atoms with Crippen molar-refractivity contribution in [3.8, 4) is 5.88 Å². The zero-order valence-electron chi connectivity index (χ0n) is 15.1. The molecule has 1 spiro atoms. The van der Waals surface area contributed by atoms with Crippen LogP contribution < -0.4 is 4.74 Å². The lowest BCUT2D eigenvalue weighted by Gasteiger charge is -2.50. The average Bonchev–Trinajstić information content (AvgIpc) is 3.05. The first-order valence-corrected chi connectivity index (χ1v) is 9.20. The molecule has 0 radical (unpaired) electrons. The first-order chi connectivity index (χ1) is 12.7. The summed E-state index contributed by atoms with van der Waals surface area (Å²) in [5.74, 6) is 1.18. The highest BCUT2D eigenvalue weighted by atomic mass is 16.5. The van der Waals surface area contributed by atoms with Crippen LogP contribution in [0.1, 0.15) is 28.8 Å². The number of aromatic nitrogens is 1. The number of nitrogens with zero attached hydrogens (tertiary/aromatic N) is 2. The smallest absolute Gasteiger partial charge is 0.254 e. The van der Waals surface area contributed by atoms with E-state index in [2.05, 4.69) is 4.98 Å². The largest absolute Gasteiger partial charge is 0.478 e. The number of hydrogen-bond donors (Lipinski definition) is 0. The molecule has 0 aliphatic carbocycles. The maximum atomic E-state index is 12.7. The molecule has 2 aliphatic rings. The molecule has 1 aromatic heterocycles. The molecule has 5 heteroatoms. The topological polar surface area (TPSA) is 51.7 Å². The Bertz CT molecular complexity index is 772. The number of carbonyl (C=O) groups excluding carboxylic acids is 1. The molecule has 136 valence electrons. The van der Waals surface area contributed by atoms with Crippen LogP contribution in [0, 0.1) is 12.8 Å². The van der Waals surface area contributed by atoms with E-state index in [1.807, 2.05) is 54.3 Å². The van der Waals surface area contributed by atoms with Crippen LogP contribution in [0.2, 0.25) is 0 Å². The third kappa shape index (κ3) is 3.31. The van der Waals surface area contributed by atoms with Gasteiger partial charge in [-0.25, -0.2) is 4.98 Å². The Morgan fingerprint density at radius 1 is 1.31 bits per heavy atom. The summed E-state index contributed by atoms with van der Waals surface area (Å²) in [7, 11) is 0. The summed E-state index contributed by atoms with van der Waals surface area (Å²) in [5.41, 5.74) is 1.67. The molecule has 4 rings (SSSR count). The summed E-state index contributed by atoms with van der Waals surface area (Å²) in [6.45, 7) is 4.74. The van der Waals surface area contributed by atoms with Crippen molar-refractivity contribution < 1.29 is 14.3 Å². The summed E-state index contributed by atoms with van der Waals surface area (Å²) in [5, 5.41) is 0. The second-order valence-corrected chi connectivity index (χ2v) is 7.23. The third-order valence-corrected chi connectivity index (χ3v) is 5.42. The molecule has 0 bridgehead atoms. The molecule has 1 atom stereocenters. The third-order valence-electron chi connectivity index (χ3n) is 5.42. The number of benzene rings is 1. The first kappa shape index (κ1) is 17.0. The fourth-order valence-electron chi connectivity index (χ4n) is 3.98. The molecule has 2 aromatic rings. The highest BCUT2D eigenvalue weighted by molar-refractivity contribution is 5.95. The van der Waals surface area contributed by atoms with Crippen molar-refractivity contribution in [2.75, 3.05) is 26.3 Å². The lowest BCUT2D eigenvalue weighted by molar-refractivity contribution is -0.119. The summed E-state index contributed by atoms with van der Waals surface area (Å²) in [4.78, 5) is 18.7. The SMILES string of the molecule is Cc1cccc(C(=O)N2CC3(C2)OCCC3CCOc2ccccn2)c1. The molecule has 0 saturated carbocycles. The van der Waals surface area contributed by atoms with Gasteiger partial charge in [0.15, 0.2) is 0 Å². The fourth-order valence-corrected chi connectivity index (χ4v) is 3.98. The number of pyridine rings is 1. The van der Waals surface area contributed by atoms with Crippen molar-refractivity contribution in [2.45, 2.75) is 25.4 Å². The quantitative estimate of drug-likeness (QED) is 0.830. The van der Waals surface area contributed by atoms with Gasteiger partial charge in [-0.15, -0.1) is 0 Å². The van der Waals surface area contributed by atoms with Gasteiger partial charge in [-0.05, 0) is 43.9 Å². The fraction of sp³-hybridized carbons (Fsp3) is 0.429. The molecular weight excluding hydrogens is 328 g/mol. The summed E-state index contributed by atoms with van der Waals surface area (Å²) < 4.78 is 11.8. The maximum Gasteiger partial charge on any atom is 0.254 e. The van der Waals surface area contributed by atoms with Crippen molar-refractivity contribution in [3.05, 3.63) is 59.8 Å². The predicted octanol–water partition coefficient (Wildman–Crippen LogP) is 3.09. The Morgan fingerprint density at radius 2 is 2.19 bits per heavy atom. The zero-order valence-corrected chi connectivity index (χ0v) is 15.1. The Labute approximate surface area is 153 Å². The van der Waals surface area contributed by atoms with Gasteiger partial charge in [-0.2, -0.15) is 0 Å². The van der Waals surface area contributed by atoms with E-state index in [0.717, 1.165) is 30.6 Å². The number of hydrogen-bond acceptors (Lipinski definition) is 4. The van der Waals surface area contributed by atoms with Gasteiger partial charge in [0.2, 0.25) is 5.88 Å². The van der Waals surface area contributed by atoms with Crippen LogP contribution in [-0.4, -0.2) is 47.7 Å². The number of ether oxygens (including phenoxy) is 2. The molecule has 2 saturated heterocycles. The highest BCUT2D eigenvalue weighted by Crippen LogP contribution is 2.42. The number of amides is 1. The van der Waals surface area contributed by atoms with E-state index in [1.165, 1.54) is 0 Å². The molecule has 0 N–H and O–H groups in total. The van der Waals surface area contributed by atoms with E-state index < -0.39 is 0 Å². The molecule has 1 unspecified atom stereocenters. The van der Waals surface area contributed by atoms with Crippen molar-refractivity contribution >= 4 is 5.91 Å². The number of aryl methyl sites for hydroxylation is 1. The van der Waals surface area contributed by atoms with Crippen molar-refractivity contribution in [2.24, 2.45) is 5.92 Å². The monoisotopic (exact) mass is 352 g/mol. The normalized spacial score (nSPS) is 20.8. The molecule has 2 fully saturated rings. The summed E-state index contributed by atoms with van der Waals surface area (Å²) in [6, 6.07) is 13.4. The number of rotatable bonds is 5. The Hall–Kier alpha value is -2.40. The van der Waals surface area contributed by atoms with Crippen LogP contribution in [0.25, 0.3) is 0 Å². The predicted molar refractivity (Wildman–Crippen MR) is 98.2 cm³/mol. The van der Waals surface area contributed by atoms with Crippen molar-refractivity contribution in [1.82, 2.24) is 9.88 Å². The Balaban J connectivity index is 1.32. The van der Waals surface area contributed by atoms with Gasteiger partial charge in [-0.1, -0.05) is 23.8 Å². The second kappa shape index (κ2) is 7.08. The Kier molecular flexibility index (Phi) is 4.64. The van der Waals surface area contributed by atoms with Gasteiger partial charge in [0.25, 0.3) is 5.91 Å². The van der Waals surface area contributed by atoms with E-state index in [0.29, 0.717) is 31.5 Å². The van der Waals surface area contributed by atoms with Gasteiger partial charge in [-0.3, -0.25) is 4.79 Å². The van der Waals surface area contributed by atoms with Gasteiger partial charge in [0, 0.05) is 24.4 Å². The summed E-state index contributed by atoms with van der Waals surface area (Å²) in [6.07, 6.45) is 3.68. The van der Waals surface area contributed by atoms with Gasteiger partial charge in [0.1, 0.15) is 5.60 Å². The van der Waals surface area contributed by atoms with Crippen LogP contribution >= 0.6 is 0 Å². The molecule has 26 heavy (non-hydrogen) atoms. The van der Waals surface area contributed by atoms with Crippen LogP contribution in [0.15, 0.2) is 48.7 Å². The minimum Gasteiger partial charge on any atom is -0.478 e. The lowest BCUT2D eigenvalue weighted by Crippen LogP contribution is -2.66. The molecule has 3 heterocycles. The van der Waals surface area contributed by atoms with E-state index in [9.17, 15) is 4.79 Å². The lowest BCUT2D eigenvalue weighted by atomic mass is 9.79. The van der Waals surface area contributed by atoms with Gasteiger partial charge < -0.3 is 14.4 Å². The number of carbonyl (C=O) groups is 1. The van der Waals surface area contributed by atoms with Crippen molar-refractivity contribution in [1.29, 1.82) is 0 Å². The van der Waals surface area contributed by atoms with Gasteiger partial charge >= 0.3 is 0 Å². The standard InChI is InChI=1S/C21H24N2O3/c1-16-5-4-6-17(13-16)20(24)23-14-21(15-23)18(9-12-26-21)8-11-25-19-7-2-3-10-22-19/h2-7,10,13,18H,8-9,11-12,14-15H2,1H3. The summed E-state index contributed by atoms with van der Waals surface area (Å²) >= 11 is 0. The van der Waals surface area contributed by atoms with Crippen molar-refractivity contribution in [3.63, 3.8) is 0 Å². The molecule has 1 aromatic carbocycles. The second-order valence-electron chi connectivity index (χ2n) is 7.23. The van der Waals surface area contributed by atoms with Gasteiger partial charge in [0.05, 0.1) is 19.7 Å². The highest BCUT2D eigenvalue weighted by Gasteiger charge is 2.54. The van der Waals surface area contributed by atoms with Crippen LogP contribution in [0.5, 0.6) is 5.88 Å². The minimum atomic E-state index is -0.188. The van der Waals surface area contributed by atoms with E-state index in [4.69, 9.17) is 9.47 Å². The maximum absolute atomic E-state index is 12.7. The van der Waals surface area contributed by atoms with E-state index in [1.54, 1.807) is 6.20 Å². The average molecular weight is 352 g/mol. The van der Waals surface area contributed by atoms with Crippen LogP contribution in [-0.2, 0) is 4.74 Å². The molecule has 1 amide bonds. The molecule has 5 nitrogen and oxygen atoms in total. The number of likely N-dealkylation sites (tertiary alicyclic amines) is 1. The van der Waals surface area contributed by atoms with Crippen LogP contribution in [0.4, 0.5) is 0 Å². The molecule has 2 aliphatic heterocycles. The first-order valence-electron chi connectivity index (χ1n) is 9.20. The Morgan fingerprint density at radius 3 is 2.96 bits per heavy atom.